The molecule has 1 aliphatic rings. The lowest BCUT2D eigenvalue weighted by Gasteiger charge is -2.33. The van der Waals surface area contributed by atoms with E-state index in [1.165, 1.54) is 15.9 Å². The number of piperidine rings is 1. The van der Waals surface area contributed by atoms with E-state index in [9.17, 15) is 9.59 Å². The Balaban J connectivity index is 1.31. The topological polar surface area (TPSA) is 70.5 Å². The Bertz CT molecular complexity index is 1180. The average molecular weight is 474 g/mol. The van der Waals surface area contributed by atoms with Crippen molar-refractivity contribution in [2.75, 3.05) is 42.5 Å². The second kappa shape index (κ2) is 11.7. The summed E-state index contributed by atoms with van der Waals surface area (Å²) in [5, 5.41) is 7.52. The quantitative estimate of drug-likeness (QED) is 0.515. The number of carbonyl (C=O) groups is 1. The first-order chi connectivity index (χ1) is 17.0. The summed E-state index contributed by atoms with van der Waals surface area (Å²) in [6.45, 7) is 8.36. The second-order valence-corrected chi connectivity index (χ2v) is 9.19. The highest BCUT2D eigenvalue weighted by Gasteiger charge is 2.26. The SMILES string of the molecule is CCN(CCNC(=O)[C@@H]1CCCN(c2cnn(Cc3ccccc3)c(=O)c2)C1)c1cccc(C)c1. The number of amides is 1. The summed E-state index contributed by atoms with van der Waals surface area (Å²) < 4.78 is 1.47. The van der Waals surface area contributed by atoms with Crippen LogP contribution in [0.3, 0.4) is 0 Å². The smallest absolute Gasteiger partial charge is 0.269 e. The highest BCUT2D eigenvalue weighted by atomic mass is 16.2. The molecule has 1 fully saturated rings. The molecule has 1 aliphatic heterocycles. The van der Waals surface area contributed by atoms with Crippen LogP contribution < -0.4 is 20.7 Å². The number of hydrogen-bond acceptors (Lipinski definition) is 5. The van der Waals surface area contributed by atoms with Crippen LogP contribution in [0.2, 0.25) is 0 Å². The van der Waals surface area contributed by atoms with Crippen molar-refractivity contribution in [2.45, 2.75) is 33.2 Å². The van der Waals surface area contributed by atoms with E-state index in [2.05, 4.69) is 58.3 Å². The fourth-order valence-electron chi connectivity index (χ4n) is 4.65. The molecule has 0 spiro atoms. The van der Waals surface area contributed by atoms with Crippen LogP contribution >= 0.6 is 0 Å². The van der Waals surface area contributed by atoms with Crippen molar-refractivity contribution >= 4 is 17.3 Å². The molecule has 2 aromatic carbocycles. The summed E-state index contributed by atoms with van der Waals surface area (Å²) >= 11 is 0. The molecule has 1 amide bonds. The molecule has 7 heteroatoms. The number of nitrogens with zero attached hydrogens (tertiary/aromatic N) is 4. The van der Waals surface area contributed by atoms with Gasteiger partial charge < -0.3 is 15.1 Å². The maximum Gasteiger partial charge on any atom is 0.269 e. The van der Waals surface area contributed by atoms with Crippen molar-refractivity contribution in [3.63, 3.8) is 0 Å². The predicted molar refractivity (Wildman–Crippen MR) is 141 cm³/mol. The maximum atomic E-state index is 12.9. The fraction of sp³-hybridized carbons (Fsp3) is 0.393. The molecular weight excluding hydrogens is 438 g/mol. The van der Waals surface area contributed by atoms with E-state index < -0.39 is 0 Å². The van der Waals surface area contributed by atoms with Gasteiger partial charge in [0.15, 0.2) is 0 Å². The van der Waals surface area contributed by atoms with E-state index in [4.69, 9.17) is 0 Å². The van der Waals surface area contributed by atoms with Gasteiger partial charge in [-0.05, 0) is 49.9 Å². The second-order valence-electron chi connectivity index (χ2n) is 9.19. The van der Waals surface area contributed by atoms with Gasteiger partial charge in [-0.15, -0.1) is 0 Å². The van der Waals surface area contributed by atoms with Crippen molar-refractivity contribution in [1.82, 2.24) is 15.1 Å². The number of likely N-dealkylation sites (N-methyl/N-ethyl adjacent to an activating group) is 1. The van der Waals surface area contributed by atoms with Gasteiger partial charge in [-0.25, -0.2) is 4.68 Å². The van der Waals surface area contributed by atoms with Gasteiger partial charge in [0, 0.05) is 44.5 Å². The number of anilines is 2. The largest absolute Gasteiger partial charge is 0.370 e. The molecular formula is C28H35N5O2. The Hall–Kier alpha value is -3.61. The van der Waals surface area contributed by atoms with Gasteiger partial charge in [0.2, 0.25) is 5.91 Å². The summed E-state index contributed by atoms with van der Waals surface area (Å²) in [6.07, 6.45) is 3.51. The van der Waals surface area contributed by atoms with Crippen LogP contribution in [0.1, 0.15) is 30.9 Å². The minimum absolute atomic E-state index is 0.0837. The Morgan fingerprint density at radius 3 is 2.71 bits per heavy atom. The first-order valence-electron chi connectivity index (χ1n) is 12.5. The summed E-state index contributed by atoms with van der Waals surface area (Å²) in [6, 6.07) is 19.9. The van der Waals surface area contributed by atoms with Crippen molar-refractivity contribution in [1.29, 1.82) is 0 Å². The lowest BCUT2D eigenvalue weighted by Crippen LogP contribution is -2.45. The third-order valence-corrected chi connectivity index (χ3v) is 6.62. The Labute approximate surface area is 207 Å². The molecule has 1 aromatic heterocycles. The molecule has 0 aliphatic carbocycles. The van der Waals surface area contributed by atoms with Crippen LogP contribution in [0.15, 0.2) is 71.7 Å². The van der Waals surface area contributed by atoms with Crippen molar-refractivity contribution in [3.05, 3.63) is 88.3 Å². The van der Waals surface area contributed by atoms with E-state index in [0.717, 1.165) is 43.7 Å². The third-order valence-electron chi connectivity index (χ3n) is 6.62. The molecule has 35 heavy (non-hydrogen) atoms. The number of aryl methyl sites for hydroxylation is 1. The third kappa shape index (κ3) is 6.50. The zero-order chi connectivity index (χ0) is 24.6. The number of carbonyl (C=O) groups excluding carboxylic acids is 1. The standard InChI is InChI=1S/C28H35N5O2/c1-3-31(25-13-7-9-22(2)17-25)16-14-29-28(35)24-12-8-15-32(21-24)26-18-27(34)33(30-19-26)20-23-10-5-4-6-11-23/h4-7,9-11,13,17-19,24H,3,8,12,14-16,20-21H2,1-2H3,(H,29,35)/t24-/m1/s1. The van der Waals surface area contributed by atoms with Crippen LogP contribution in [0.4, 0.5) is 11.4 Å². The Morgan fingerprint density at radius 1 is 1.14 bits per heavy atom. The number of nitrogens with one attached hydrogen (secondary N) is 1. The average Bonchev–Trinajstić information content (AvgIpc) is 2.88. The zero-order valence-electron chi connectivity index (χ0n) is 20.7. The molecule has 2 heterocycles. The molecule has 0 unspecified atom stereocenters. The molecule has 184 valence electrons. The molecule has 1 N–H and O–H groups in total. The number of rotatable bonds is 9. The molecule has 0 radical (unpaired) electrons. The molecule has 0 bridgehead atoms. The summed E-state index contributed by atoms with van der Waals surface area (Å²) in [4.78, 5) is 30.0. The first-order valence-corrected chi connectivity index (χ1v) is 12.5. The van der Waals surface area contributed by atoms with Crippen LogP contribution in [-0.2, 0) is 11.3 Å². The van der Waals surface area contributed by atoms with Gasteiger partial charge in [0.05, 0.1) is 24.3 Å². The highest BCUT2D eigenvalue weighted by Crippen LogP contribution is 2.22. The van der Waals surface area contributed by atoms with E-state index in [-0.39, 0.29) is 17.4 Å². The number of hydrogen-bond donors (Lipinski definition) is 1. The van der Waals surface area contributed by atoms with Crippen LogP contribution in [0.25, 0.3) is 0 Å². The summed E-state index contributed by atoms with van der Waals surface area (Å²) in [5.41, 5.74) is 4.10. The number of aromatic nitrogens is 2. The maximum absolute atomic E-state index is 12.9. The molecule has 0 saturated carbocycles. The van der Waals surface area contributed by atoms with Crippen molar-refractivity contribution < 1.29 is 4.79 Å². The van der Waals surface area contributed by atoms with Gasteiger partial charge in [-0.2, -0.15) is 5.10 Å². The van der Waals surface area contributed by atoms with Gasteiger partial charge in [0.1, 0.15) is 0 Å². The van der Waals surface area contributed by atoms with Crippen LogP contribution in [-0.4, -0.2) is 48.4 Å². The zero-order valence-corrected chi connectivity index (χ0v) is 20.7. The molecule has 3 aromatic rings. The van der Waals surface area contributed by atoms with E-state index in [1.54, 1.807) is 12.3 Å². The lowest BCUT2D eigenvalue weighted by molar-refractivity contribution is -0.125. The van der Waals surface area contributed by atoms with Crippen molar-refractivity contribution in [2.24, 2.45) is 5.92 Å². The van der Waals surface area contributed by atoms with Crippen LogP contribution in [0.5, 0.6) is 0 Å². The van der Waals surface area contributed by atoms with Gasteiger partial charge in [0.25, 0.3) is 5.56 Å². The fourth-order valence-corrected chi connectivity index (χ4v) is 4.65. The number of benzene rings is 2. The first kappa shape index (κ1) is 24.5. The van der Waals surface area contributed by atoms with Crippen molar-refractivity contribution in [3.8, 4) is 0 Å². The van der Waals surface area contributed by atoms with E-state index in [1.807, 2.05) is 30.3 Å². The lowest BCUT2D eigenvalue weighted by atomic mass is 9.97. The molecule has 7 nitrogen and oxygen atoms in total. The minimum atomic E-state index is -0.131. The monoisotopic (exact) mass is 473 g/mol. The predicted octanol–water partition coefficient (Wildman–Crippen LogP) is 3.46. The molecule has 1 atom stereocenters. The molecule has 4 rings (SSSR count). The van der Waals surface area contributed by atoms with Gasteiger partial charge in [-0.3, -0.25) is 9.59 Å². The van der Waals surface area contributed by atoms with Gasteiger partial charge in [-0.1, -0.05) is 42.5 Å². The Morgan fingerprint density at radius 2 is 1.97 bits per heavy atom. The minimum Gasteiger partial charge on any atom is -0.370 e. The van der Waals surface area contributed by atoms with E-state index in [0.29, 0.717) is 19.6 Å². The summed E-state index contributed by atoms with van der Waals surface area (Å²) in [5.74, 6) is -0.00933. The summed E-state index contributed by atoms with van der Waals surface area (Å²) in [7, 11) is 0. The van der Waals surface area contributed by atoms with Crippen LogP contribution in [0, 0.1) is 12.8 Å². The Kier molecular flexibility index (Phi) is 8.19. The van der Waals surface area contributed by atoms with E-state index >= 15 is 0 Å². The van der Waals surface area contributed by atoms with Gasteiger partial charge >= 0.3 is 0 Å². The highest BCUT2D eigenvalue weighted by molar-refractivity contribution is 5.79. The molecule has 1 saturated heterocycles. The normalized spacial score (nSPS) is 15.6.